The lowest BCUT2D eigenvalue weighted by Crippen LogP contribution is -2.43. The quantitative estimate of drug-likeness (QED) is 0.0941. The molecule has 0 aliphatic carbocycles. The third-order valence-electron chi connectivity index (χ3n) is 10.3. The van der Waals surface area contributed by atoms with Crippen LogP contribution in [0.15, 0.2) is 66.7 Å². The van der Waals surface area contributed by atoms with Crippen molar-refractivity contribution in [3.63, 3.8) is 0 Å². The summed E-state index contributed by atoms with van der Waals surface area (Å²) in [5.74, 6) is -0.674. The van der Waals surface area contributed by atoms with E-state index in [2.05, 4.69) is 67.2 Å². The lowest BCUT2D eigenvalue weighted by Gasteiger charge is -2.32. The van der Waals surface area contributed by atoms with Gasteiger partial charge in [0.15, 0.2) is 0 Å². The van der Waals surface area contributed by atoms with Gasteiger partial charge in [-0.05, 0) is 93.7 Å². The van der Waals surface area contributed by atoms with Crippen LogP contribution in [0.5, 0.6) is 0 Å². The summed E-state index contributed by atoms with van der Waals surface area (Å²) < 4.78 is 0. The third kappa shape index (κ3) is 9.68. The van der Waals surface area contributed by atoms with Gasteiger partial charge in [0.1, 0.15) is 0 Å². The minimum atomic E-state index is -0.486. The van der Waals surface area contributed by atoms with Crippen molar-refractivity contribution in [3.8, 4) is 0 Å². The van der Waals surface area contributed by atoms with Crippen LogP contribution in [-0.2, 0) is 11.3 Å². The summed E-state index contributed by atoms with van der Waals surface area (Å²) in [6.07, 6.45) is 1.76. The molecule has 3 heterocycles. The van der Waals surface area contributed by atoms with E-state index in [0.29, 0.717) is 57.3 Å². The highest BCUT2D eigenvalue weighted by Gasteiger charge is 2.26. The molecule has 0 saturated carbocycles. The molecule has 55 heavy (non-hydrogen) atoms. The second kappa shape index (κ2) is 17.6. The van der Waals surface area contributed by atoms with Crippen molar-refractivity contribution in [1.82, 2.24) is 25.0 Å². The van der Waals surface area contributed by atoms with Crippen LogP contribution in [0.1, 0.15) is 62.6 Å². The van der Waals surface area contributed by atoms with E-state index in [-0.39, 0.29) is 17.7 Å². The largest absolute Gasteiger partial charge is 0.358 e. The molecule has 0 spiro atoms. The number of amides is 5. The molecule has 13 nitrogen and oxygen atoms in total. The van der Waals surface area contributed by atoms with Gasteiger partial charge in [-0.15, -0.1) is 0 Å². The van der Waals surface area contributed by atoms with Gasteiger partial charge in [-0.2, -0.15) is 0 Å². The molecular formula is C42H51N9O4. The van der Waals surface area contributed by atoms with Gasteiger partial charge in [-0.1, -0.05) is 38.1 Å². The highest BCUT2D eigenvalue weighted by atomic mass is 16.2. The number of anilines is 4. The number of hydrogen-bond acceptors (Lipinski definition) is 7. The summed E-state index contributed by atoms with van der Waals surface area (Å²) in [5, 5.41) is 14.4. The number of fused-ring (bicyclic) bond motifs is 1. The molecule has 6 rings (SSSR count). The second-order valence-electron chi connectivity index (χ2n) is 14.1. The van der Waals surface area contributed by atoms with Gasteiger partial charge in [-0.3, -0.25) is 19.3 Å². The van der Waals surface area contributed by atoms with Crippen LogP contribution in [0.25, 0.3) is 11.6 Å². The van der Waals surface area contributed by atoms with Crippen LogP contribution in [0, 0.1) is 13.8 Å². The Labute approximate surface area is 322 Å². The molecule has 3 aromatic carbocycles. The lowest BCUT2D eigenvalue weighted by atomic mass is 10.0. The molecular weight excluding hydrogens is 695 g/mol. The molecule has 288 valence electrons. The monoisotopic (exact) mass is 745 g/mol. The van der Waals surface area contributed by atoms with Crippen molar-refractivity contribution < 1.29 is 19.2 Å². The van der Waals surface area contributed by atoms with Gasteiger partial charge in [0, 0.05) is 85.4 Å². The van der Waals surface area contributed by atoms with Crippen LogP contribution in [0.2, 0.25) is 0 Å². The van der Waals surface area contributed by atoms with E-state index >= 15 is 0 Å². The van der Waals surface area contributed by atoms with Crippen LogP contribution in [0.3, 0.4) is 0 Å². The van der Waals surface area contributed by atoms with E-state index < -0.39 is 6.03 Å². The molecule has 6 N–H and O–H groups in total. The molecule has 13 heteroatoms. The number of likely N-dealkylation sites (N-methyl/N-ethyl adjacent to an activating group) is 2. The first-order valence-corrected chi connectivity index (χ1v) is 18.9. The van der Waals surface area contributed by atoms with Crippen LogP contribution in [0.4, 0.5) is 27.5 Å². The number of hydrogen-bond donors (Lipinski definition) is 6. The Morgan fingerprint density at radius 1 is 0.836 bits per heavy atom. The molecule has 4 aromatic rings. The molecule has 2 aliphatic rings. The SMILES string of the molecule is CCN(CC)CCNC(=O)c1c(C)[nH]c(C=C2C(=O)Nc3cc(NC(=O)Nc4cccc(NC(=O)c5ccc(CN6CCN(C)CC6)cc5)c4)ccc32)c1C. The van der Waals surface area contributed by atoms with Gasteiger partial charge in [-0.25, -0.2) is 4.79 Å². The number of nitrogens with zero attached hydrogens (tertiary/aromatic N) is 3. The van der Waals surface area contributed by atoms with Crippen molar-refractivity contribution in [3.05, 3.63) is 106 Å². The van der Waals surface area contributed by atoms with Gasteiger partial charge >= 0.3 is 6.03 Å². The number of piperazine rings is 1. The number of urea groups is 1. The summed E-state index contributed by atoms with van der Waals surface area (Å²) in [6, 6.07) is 19.3. The zero-order valence-corrected chi connectivity index (χ0v) is 32.3. The Bertz CT molecular complexity index is 2080. The van der Waals surface area contributed by atoms with Crippen LogP contribution >= 0.6 is 0 Å². The Morgan fingerprint density at radius 2 is 1.51 bits per heavy atom. The molecule has 0 bridgehead atoms. The number of carbonyl (C=O) groups excluding carboxylic acids is 4. The minimum absolute atomic E-state index is 0.150. The Morgan fingerprint density at radius 3 is 2.20 bits per heavy atom. The summed E-state index contributed by atoms with van der Waals surface area (Å²) in [6.45, 7) is 16.1. The van der Waals surface area contributed by atoms with Crippen molar-refractivity contribution in [1.29, 1.82) is 0 Å². The second-order valence-corrected chi connectivity index (χ2v) is 14.1. The first-order chi connectivity index (χ1) is 26.5. The van der Waals surface area contributed by atoms with E-state index in [9.17, 15) is 19.2 Å². The van der Waals surface area contributed by atoms with Crippen LogP contribution in [-0.4, -0.2) is 103 Å². The molecule has 0 atom stereocenters. The predicted octanol–water partition coefficient (Wildman–Crippen LogP) is 5.84. The smallest absolute Gasteiger partial charge is 0.323 e. The first-order valence-electron chi connectivity index (χ1n) is 18.9. The topological polar surface area (TPSA) is 154 Å². The number of nitrogens with one attached hydrogen (secondary N) is 6. The minimum Gasteiger partial charge on any atom is -0.358 e. The number of benzene rings is 3. The maximum atomic E-state index is 13.1. The van der Waals surface area contributed by atoms with Gasteiger partial charge in [0.25, 0.3) is 17.7 Å². The average Bonchev–Trinajstić information content (AvgIpc) is 3.63. The van der Waals surface area contributed by atoms with E-state index in [1.807, 2.05) is 38.1 Å². The van der Waals surface area contributed by atoms with E-state index in [1.165, 1.54) is 5.56 Å². The highest BCUT2D eigenvalue weighted by Crippen LogP contribution is 2.36. The molecule has 1 fully saturated rings. The Hall–Kier alpha value is -5.76. The number of aryl methyl sites for hydroxylation is 1. The number of aromatic nitrogens is 1. The Kier molecular flexibility index (Phi) is 12.5. The van der Waals surface area contributed by atoms with Crippen molar-refractivity contribution in [2.75, 3.05) is 80.7 Å². The third-order valence-corrected chi connectivity index (χ3v) is 10.3. The molecule has 0 unspecified atom stereocenters. The maximum absolute atomic E-state index is 13.1. The zero-order valence-electron chi connectivity index (χ0n) is 32.3. The number of aromatic amines is 1. The van der Waals surface area contributed by atoms with E-state index in [0.717, 1.165) is 63.6 Å². The molecule has 1 saturated heterocycles. The maximum Gasteiger partial charge on any atom is 0.323 e. The summed E-state index contributed by atoms with van der Waals surface area (Å²) >= 11 is 0. The molecule has 0 radical (unpaired) electrons. The van der Waals surface area contributed by atoms with Gasteiger partial charge in [0.2, 0.25) is 0 Å². The number of carbonyl (C=O) groups is 4. The molecule has 2 aliphatic heterocycles. The summed E-state index contributed by atoms with van der Waals surface area (Å²) in [4.78, 5) is 62.4. The standard InChI is InChI=1S/C42H51N9O4/c1-6-50(7-2)18-17-43-41(54)38-27(3)36(44-28(38)4)25-35-34-16-15-33(24-37(34)48-40(35)53)47-42(55)46-32-10-8-9-31(23-32)45-39(52)30-13-11-29(12-14-30)26-51-21-19-49(5)20-22-51/h8-16,23-25,44H,6-7,17-22,26H2,1-5H3,(H,43,54)(H,45,52)(H,48,53)(H2,46,47,55). The van der Waals surface area contributed by atoms with Gasteiger partial charge in [0.05, 0.1) is 16.8 Å². The lowest BCUT2D eigenvalue weighted by molar-refractivity contribution is -0.110. The number of rotatable bonds is 13. The first kappa shape index (κ1) is 38.9. The normalized spacial score (nSPS) is 15.2. The van der Waals surface area contributed by atoms with E-state index in [1.54, 1.807) is 48.5 Å². The number of H-pyrrole nitrogens is 1. The predicted molar refractivity (Wildman–Crippen MR) is 220 cm³/mol. The van der Waals surface area contributed by atoms with Gasteiger partial charge < -0.3 is 41.4 Å². The van der Waals surface area contributed by atoms with E-state index in [4.69, 9.17) is 0 Å². The molecule has 5 amide bonds. The summed E-state index contributed by atoms with van der Waals surface area (Å²) in [7, 11) is 2.14. The fourth-order valence-corrected chi connectivity index (χ4v) is 6.97. The van der Waals surface area contributed by atoms with Crippen molar-refractivity contribution in [2.45, 2.75) is 34.2 Å². The highest BCUT2D eigenvalue weighted by molar-refractivity contribution is 6.35. The zero-order chi connectivity index (χ0) is 39.1. The van der Waals surface area contributed by atoms with Crippen molar-refractivity contribution in [2.24, 2.45) is 0 Å². The summed E-state index contributed by atoms with van der Waals surface area (Å²) in [5.41, 5.74) is 7.66. The Balaban J connectivity index is 1.04. The average molecular weight is 746 g/mol. The fourth-order valence-electron chi connectivity index (χ4n) is 6.97. The molecule has 1 aromatic heterocycles. The van der Waals surface area contributed by atoms with Crippen molar-refractivity contribution >= 4 is 58.2 Å². The van der Waals surface area contributed by atoms with Crippen LogP contribution < -0.4 is 26.6 Å². The fraction of sp³-hybridized carbons (Fsp3) is 0.333.